The minimum Gasteiger partial charge on any atom is -0.550 e. The number of aliphatic hydroxyl groups is 3. The van der Waals surface area contributed by atoms with E-state index in [9.17, 15) is 25.2 Å². The lowest BCUT2D eigenvalue weighted by Crippen LogP contribution is -2.26. The van der Waals surface area contributed by atoms with Gasteiger partial charge in [-0.3, -0.25) is 0 Å². The van der Waals surface area contributed by atoms with Crippen LogP contribution in [0, 0.1) is 0 Å². The van der Waals surface area contributed by atoms with Gasteiger partial charge in [-0.05, 0) is 25.7 Å². The predicted molar refractivity (Wildman–Crippen MR) is 97.6 cm³/mol. The van der Waals surface area contributed by atoms with Crippen molar-refractivity contribution >= 4 is 5.97 Å². The zero-order chi connectivity index (χ0) is 18.9. The minimum atomic E-state index is -1.16. The first-order valence-corrected chi connectivity index (χ1v) is 8.89. The van der Waals surface area contributed by atoms with E-state index in [0.717, 1.165) is 25.7 Å². The zero-order valence-electron chi connectivity index (χ0n) is 15.0. The van der Waals surface area contributed by atoms with Crippen molar-refractivity contribution in [2.75, 3.05) is 0 Å². The average Bonchev–Trinajstić information content (AvgIpc) is 2.56. The summed E-state index contributed by atoms with van der Waals surface area (Å²) in [6, 6.07) is 0. The largest absolute Gasteiger partial charge is 0.550 e. The van der Waals surface area contributed by atoms with Gasteiger partial charge in [0.1, 0.15) is 0 Å². The third-order valence-corrected chi connectivity index (χ3v) is 3.58. The lowest BCUT2D eigenvalue weighted by molar-refractivity contribution is -0.305. The number of unbranched alkanes of at least 4 members (excludes halogenated alkanes) is 2. The van der Waals surface area contributed by atoms with Gasteiger partial charge in [0.15, 0.2) is 0 Å². The normalized spacial score (nSPS) is 16.3. The van der Waals surface area contributed by atoms with Crippen LogP contribution in [0.1, 0.15) is 51.9 Å². The number of carbonyl (C=O) groups is 1. The van der Waals surface area contributed by atoms with Gasteiger partial charge < -0.3 is 25.2 Å². The van der Waals surface area contributed by atoms with Crippen molar-refractivity contribution in [1.29, 1.82) is 0 Å². The van der Waals surface area contributed by atoms with Crippen LogP contribution in [0.25, 0.3) is 0 Å². The van der Waals surface area contributed by atoms with E-state index >= 15 is 0 Å². The van der Waals surface area contributed by atoms with E-state index in [4.69, 9.17) is 0 Å². The number of aliphatic carboxylic acids is 1. The van der Waals surface area contributed by atoms with Crippen LogP contribution < -0.4 is 5.11 Å². The van der Waals surface area contributed by atoms with Crippen LogP contribution in [0.5, 0.6) is 0 Å². The van der Waals surface area contributed by atoms with E-state index in [-0.39, 0.29) is 19.3 Å². The Morgan fingerprint density at radius 1 is 0.880 bits per heavy atom. The van der Waals surface area contributed by atoms with Crippen LogP contribution in [-0.2, 0) is 4.79 Å². The molecule has 0 radical (unpaired) electrons. The zero-order valence-corrected chi connectivity index (χ0v) is 15.0. The van der Waals surface area contributed by atoms with Crippen molar-refractivity contribution in [2.45, 2.75) is 70.2 Å². The highest BCUT2D eigenvalue weighted by molar-refractivity contribution is 5.64. The number of aliphatic hydroxyl groups excluding tert-OH is 3. The second kappa shape index (κ2) is 15.8. The summed E-state index contributed by atoms with van der Waals surface area (Å²) in [4.78, 5) is 10.3. The third kappa shape index (κ3) is 15.6. The van der Waals surface area contributed by atoms with Crippen LogP contribution in [0.2, 0.25) is 0 Å². The highest BCUT2D eigenvalue weighted by Crippen LogP contribution is 2.06. The van der Waals surface area contributed by atoms with Crippen molar-refractivity contribution < 1.29 is 25.2 Å². The highest BCUT2D eigenvalue weighted by Gasteiger charge is 2.11. The molecule has 0 aromatic heterocycles. The van der Waals surface area contributed by atoms with E-state index < -0.39 is 24.3 Å². The molecule has 0 aromatic rings. The smallest absolute Gasteiger partial charge is 0.0982 e. The molecule has 0 saturated heterocycles. The molecule has 0 spiro atoms. The van der Waals surface area contributed by atoms with Crippen LogP contribution in [0.4, 0.5) is 0 Å². The van der Waals surface area contributed by atoms with E-state index in [2.05, 4.69) is 6.92 Å². The van der Waals surface area contributed by atoms with E-state index in [1.54, 1.807) is 42.5 Å². The summed E-state index contributed by atoms with van der Waals surface area (Å²) >= 11 is 0. The van der Waals surface area contributed by atoms with Gasteiger partial charge >= 0.3 is 0 Å². The Bertz CT molecular complexity index is 451. The predicted octanol–water partition coefficient (Wildman–Crippen LogP) is 1.79. The first-order valence-electron chi connectivity index (χ1n) is 8.89. The van der Waals surface area contributed by atoms with Crippen molar-refractivity contribution in [3.8, 4) is 0 Å². The number of hydrogen-bond acceptors (Lipinski definition) is 5. The Morgan fingerprint density at radius 2 is 1.48 bits per heavy atom. The molecule has 0 saturated carbocycles. The average molecular weight is 351 g/mol. The summed E-state index contributed by atoms with van der Waals surface area (Å²) < 4.78 is 0. The Labute approximate surface area is 150 Å². The van der Waals surface area contributed by atoms with Gasteiger partial charge in [0.25, 0.3) is 0 Å². The molecule has 5 nitrogen and oxygen atoms in total. The molecule has 0 unspecified atom stereocenters. The molecule has 0 heterocycles. The van der Waals surface area contributed by atoms with Crippen molar-refractivity contribution in [3.05, 3.63) is 48.6 Å². The molecule has 0 rings (SSSR count). The number of rotatable bonds is 14. The van der Waals surface area contributed by atoms with Crippen LogP contribution in [0.3, 0.4) is 0 Å². The van der Waals surface area contributed by atoms with Gasteiger partial charge in [-0.25, -0.2) is 0 Å². The second-order valence-corrected chi connectivity index (χ2v) is 5.92. The maximum absolute atomic E-state index is 10.3. The number of carboxylic acids is 1. The van der Waals surface area contributed by atoms with Crippen LogP contribution >= 0.6 is 0 Å². The first kappa shape index (κ1) is 23.3. The number of carboxylic acid groups (broad SMARTS) is 1. The maximum atomic E-state index is 10.3. The quantitative estimate of drug-likeness (QED) is 0.327. The highest BCUT2D eigenvalue weighted by atomic mass is 16.4. The molecule has 3 N–H and O–H groups in total. The molecule has 0 aliphatic heterocycles. The van der Waals surface area contributed by atoms with E-state index in [1.165, 1.54) is 6.08 Å². The van der Waals surface area contributed by atoms with Gasteiger partial charge in [-0.15, -0.1) is 0 Å². The third-order valence-electron chi connectivity index (χ3n) is 3.58. The lowest BCUT2D eigenvalue weighted by atomic mass is 10.1. The number of hydrogen-bond donors (Lipinski definition) is 3. The molecule has 0 fully saturated rings. The van der Waals surface area contributed by atoms with E-state index in [0.29, 0.717) is 0 Å². The van der Waals surface area contributed by atoms with Gasteiger partial charge in [0, 0.05) is 5.97 Å². The Kier molecular flexibility index (Phi) is 14.7. The van der Waals surface area contributed by atoms with Crippen LogP contribution in [-0.4, -0.2) is 39.6 Å². The van der Waals surface area contributed by atoms with Gasteiger partial charge in [-0.2, -0.15) is 0 Å². The number of carbonyl (C=O) groups excluding carboxylic acids is 1. The lowest BCUT2D eigenvalue weighted by Gasteiger charge is -2.14. The summed E-state index contributed by atoms with van der Waals surface area (Å²) in [6.45, 7) is 2.13. The summed E-state index contributed by atoms with van der Waals surface area (Å²) in [5, 5.41) is 39.3. The SMILES string of the molecule is CCCCC[C@H](O)/C=C/C=C\C=C\C=C\[C@H](O)[C@@H](O)CCCC(=O)[O-]. The Hall–Kier alpha value is -1.69. The molecule has 0 aliphatic rings. The maximum Gasteiger partial charge on any atom is 0.0982 e. The molecule has 0 aromatic carbocycles. The fourth-order valence-corrected chi connectivity index (χ4v) is 2.08. The minimum absolute atomic E-state index is 0.126. The molecule has 3 atom stereocenters. The molecule has 0 amide bonds. The molecule has 142 valence electrons. The van der Waals surface area contributed by atoms with Gasteiger partial charge in [0.2, 0.25) is 0 Å². The summed E-state index contributed by atoms with van der Waals surface area (Å²) in [6.07, 6.45) is 15.7. The van der Waals surface area contributed by atoms with E-state index in [1.807, 2.05) is 0 Å². The molecule has 0 bridgehead atoms. The Balaban J connectivity index is 3.97. The van der Waals surface area contributed by atoms with Crippen LogP contribution in [0.15, 0.2) is 48.6 Å². The fraction of sp³-hybridized carbons (Fsp3) is 0.550. The van der Waals surface area contributed by atoms with Crippen molar-refractivity contribution in [2.24, 2.45) is 0 Å². The molecule has 0 aliphatic carbocycles. The van der Waals surface area contributed by atoms with Crippen molar-refractivity contribution in [3.63, 3.8) is 0 Å². The molecule has 5 heteroatoms. The monoisotopic (exact) mass is 351 g/mol. The summed E-state index contributed by atoms with van der Waals surface area (Å²) in [5.74, 6) is -1.16. The Morgan fingerprint density at radius 3 is 2.08 bits per heavy atom. The topological polar surface area (TPSA) is 101 Å². The summed E-state index contributed by atoms with van der Waals surface area (Å²) in [5.41, 5.74) is 0. The fourth-order valence-electron chi connectivity index (χ4n) is 2.08. The van der Waals surface area contributed by atoms with Gasteiger partial charge in [0.05, 0.1) is 18.3 Å². The number of allylic oxidation sites excluding steroid dienone is 6. The summed E-state index contributed by atoms with van der Waals surface area (Å²) in [7, 11) is 0. The first-order chi connectivity index (χ1) is 12.0. The molecule has 25 heavy (non-hydrogen) atoms. The molecular formula is C20H31O5-. The van der Waals surface area contributed by atoms with Crippen molar-refractivity contribution in [1.82, 2.24) is 0 Å². The second-order valence-electron chi connectivity index (χ2n) is 5.92. The molecular weight excluding hydrogens is 320 g/mol. The van der Waals surface area contributed by atoms with Gasteiger partial charge in [-0.1, -0.05) is 74.8 Å². The standard InChI is InChI=1S/C20H32O5/c1-2-3-8-12-17(21)13-9-6-4-5-7-10-14-18(22)19(23)15-11-16-20(24)25/h4-7,9-10,13-14,17-19,21-23H,2-3,8,11-12,15-16H2,1H3,(H,24,25)/p-1/b6-4-,7-5+,13-9+,14-10+/t17-,18-,19-/m0/s1.